The van der Waals surface area contributed by atoms with Gasteiger partial charge in [0.25, 0.3) is 0 Å². The second kappa shape index (κ2) is 26.0. The van der Waals surface area contributed by atoms with E-state index >= 15 is 0 Å². The minimum absolute atomic E-state index is 0.390. The molecule has 0 aliphatic carbocycles. The molecule has 8 aromatic carbocycles. The first-order chi connectivity index (χ1) is 35.7. The summed E-state index contributed by atoms with van der Waals surface area (Å²) >= 11 is 0. The molecule has 9 rings (SSSR count). The number of hydrogen-bond donors (Lipinski definition) is 0. The van der Waals surface area contributed by atoms with Crippen LogP contribution in [0.15, 0.2) is 146 Å². The molecule has 0 bridgehead atoms. The monoisotopic (exact) mass is 965 g/mol. The molecule has 6 nitrogen and oxygen atoms in total. The van der Waals surface area contributed by atoms with Gasteiger partial charge in [-0.15, -0.1) is 0 Å². The summed E-state index contributed by atoms with van der Waals surface area (Å²) in [5.74, 6) is 3.42. The summed E-state index contributed by atoms with van der Waals surface area (Å²) in [5, 5.41) is 9.25. The molecule has 0 atom stereocenters. The topological polar surface area (TPSA) is 46.2 Å². The molecule has 6 heteroatoms. The van der Waals surface area contributed by atoms with E-state index in [1.165, 1.54) is 101 Å². The van der Waals surface area contributed by atoms with Gasteiger partial charge in [0.1, 0.15) is 62.5 Å². The van der Waals surface area contributed by atoms with E-state index in [1.54, 1.807) is 0 Å². The van der Waals surface area contributed by atoms with Gasteiger partial charge in [-0.05, 0) is 93.0 Å². The zero-order valence-corrected chi connectivity index (χ0v) is 43.3. The summed E-state index contributed by atoms with van der Waals surface area (Å²) in [6.07, 6.45) is 18.0. The van der Waals surface area contributed by atoms with Crippen LogP contribution in [0.1, 0.15) is 104 Å². The number of rotatable bonds is 16. The Morgan fingerprint density at radius 2 is 0.597 bits per heavy atom. The van der Waals surface area contributed by atoms with Gasteiger partial charge in [0.05, 0.1) is 26.3 Å². The molecule has 1 heterocycles. The third-order valence-corrected chi connectivity index (χ3v) is 15.2. The van der Waals surface area contributed by atoms with Crippen LogP contribution < -0.4 is 18.9 Å². The van der Waals surface area contributed by atoms with Gasteiger partial charge in [0.15, 0.2) is 0 Å². The van der Waals surface area contributed by atoms with Gasteiger partial charge >= 0.3 is 0 Å². The molecule has 0 unspecified atom stereocenters. The summed E-state index contributed by atoms with van der Waals surface area (Å²) in [5.41, 5.74) is 4.26. The van der Waals surface area contributed by atoms with E-state index in [0.717, 1.165) is 108 Å². The number of unbranched alkanes of at least 4 members (excludes halogenated alkanes) is 12. The van der Waals surface area contributed by atoms with Crippen LogP contribution in [0, 0.1) is 0 Å². The Kier molecular flexibility index (Phi) is 18.4. The highest BCUT2D eigenvalue weighted by atomic mass is 16.5. The minimum atomic E-state index is 0.390. The number of ether oxygens (including phenoxy) is 5. The highest BCUT2D eigenvalue weighted by molar-refractivity contribution is 6.11. The first-order valence-corrected chi connectivity index (χ1v) is 27.7. The van der Waals surface area contributed by atoms with E-state index in [0.29, 0.717) is 39.6 Å². The molecule has 0 fully saturated rings. The van der Waals surface area contributed by atoms with Crippen LogP contribution >= 0.6 is 0 Å². The SMILES string of the molecule is CCCCCCCCC[N+]1(CCCCCCCCC)CCOc2ccc3ccccc3c2-c2c(ccc3ccccc23)OCCOCCOc2ccc3ccccc3c2-c2c(ccc3ccccc23)OCC1. The van der Waals surface area contributed by atoms with E-state index in [2.05, 4.69) is 159 Å². The fraction of sp³-hybridized carbons (Fsp3) is 0.394. The van der Waals surface area contributed by atoms with E-state index in [9.17, 15) is 0 Å². The zero-order chi connectivity index (χ0) is 49.2. The number of hydrogen-bond acceptors (Lipinski definition) is 5. The predicted molar refractivity (Wildman–Crippen MR) is 302 cm³/mol. The first kappa shape index (κ1) is 50.8. The Bertz CT molecular complexity index is 2780. The van der Waals surface area contributed by atoms with E-state index in [4.69, 9.17) is 23.7 Å². The summed E-state index contributed by atoms with van der Waals surface area (Å²) in [6, 6.07) is 52.1. The number of fused-ring (bicyclic) bond motifs is 14. The van der Waals surface area contributed by atoms with Crippen LogP contribution in [-0.2, 0) is 4.74 Å². The smallest absolute Gasteiger partial charge is 0.137 e. The van der Waals surface area contributed by atoms with Gasteiger partial charge < -0.3 is 28.2 Å². The van der Waals surface area contributed by atoms with Gasteiger partial charge in [0, 0.05) is 22.3 Å². The molecule has 0 amide bonds. The number of benzene rings is 8. The highest BCUT2D eigenvalue weighted by Gasteiger charge is 2.29. The molecule has 0 saturated heterocycles. The first-order valence-electron chi connectivity index (χ1n) is 27.7. The fourth-order valence-electron chi connectivity index (χ4n) is 11.2. The van der Waals surface area contributed by atoms with Crippen molar-refractivity contribution in [1.82, 2.24) is 0 Å². The standard InChI is InChI=1S/C66H78NO5/c1-3-5-7-9-11-13-23-41-67(42-24-14-12-10-8-6-4-2)43-45-69-59-37-33-51-25-15-19-29-55(51)63(59)65-57-31-21-17-27-53(57)35-39-61(65)71-49-47-68-48-50-72-62-40-36-54-28-18-22-32-58(54)66(62)64-56-30-20-16-26-52(56)34-38-60(64)70-46-44-67/h15-22,25-40H,3-14,23-24,41-50H2,1-2H3/q+1. The third kappa shape index (κ3) is 12.6. The average molecular weight is 965 g/mol. The van der Waals surface area contributed by atoms with Gasteiger partial charge in [0.2, 0.25) is 0 Å². The molecule has 8 aromatic rings. The second-order valence-corrected chi connectivity index (χ2v) is 20.1. The Balaban J connectivity index is 1.12. The van der Waals surface area contributed by atoms with Crippen molar-refractivity contribution in [2.75, 3.05) is 65.8 Å². The largest absolute Gasteiger partial charge is 0.491 e. The molecule has 0 radical (unpaired) electrons. The molecule has 376 valence electrons. The summed E-state index contributed by atoms with van der Waals surface area (Å²) in [7, 11) is 0. The van der Waals surface area contributed by atoms with Crippen LogP contribution in [0.2, 0.25) is 0 Å². The molecule has 0 N–H and O–H groups in total. The van der Waals surface area contributed by atoms with Gasteiger partial charge in [-0.3, -0.25) is 0 Å². The van der Waals surface area contributed by atoms with Crippen LogP contribution in [-0.4, -0.2) is 70.3 Å². The van der Waals surface area contributed by atoms with E-state index < -0.39 is 0 Å². The maximum absolute atomic E-state index is 7.25. The maximum Gasteiger partial charge on any atom is 0.137 e. The molecule has 1 aliphatic heterocycles. The van der Waals surface area contributed by atoms with Crippen LogP contribution in [0.5, 0.6) is 23.0 Å². The maximum atomic E-state index is 7.25. The van der Waals surface area contributed by atoms with E-state index in [1.807, 2.05) is 0 Å². The van der Waals surface area contributed by atoms with Crippen molar-refractivity contribution < 1.29 is 28.2 Å². The fourth-order valence-corrected chi connectivity index (χ4v) is 11.2. The van der Waals surface area contributed by atoms with Crippen LogP contribution in [0.4, 0.5) is 0 Å². The summed E-state index contributed by atoms with van der Waals surface area (Å²) in [6.45, 7) is 11.4. The lowest BCUT2D eigenvalue weighted by Gasteiger charge is -2.39. The van der Waals surface area contributed by atoms with Gasteiger partial charge in [-0.25, -0.2) is 0 Å². The normalized spacial score (nSPS) is 14.6. The Morgan fingerprint density at radius 1 is 0.306 bits per heavy atom. The molecular weight excluding hydrogens is 887 g/mol. The molecule has 0 spiro atoms. The Morgan fingerprint density at radius 3 is 0.931 bits per heavy atom. The summed E-state index contributed by atoms with van der Waals surface area (Å²) < 4.78 is 35.2. The van der Waals surface area contributed by atoms with Crippen molar-refractivity contribution in [2.24, 2.45) is 0 Å². The number of nitrogens with zero attached hydrogens (tertiary/aromatic N) is 1. The van der Waals surface area contributed by atoms with Crippen molar-refractivity contribution in [2.45, 2.75) is 104 Å². The van der Waals surface area contributed by atoms with Crippen molar-refractivity contribution in [1.29, 1.82) is 0 Å². The quantitative estimate of drug-likeness (QED) is 0.0713. The van der Waals surface area contributed by atoms with Crippen molar-refractivity contribution in [3.63, 3.8) is 0 Å². The summed E-state index contributed by atoms with van der Waals surface area (Å²) in [4.78, 5) is 0. The van der Waals surface area contributed by atoms with Crippen molar-refractivity contribution in [3.8, 4) is 45.3 Å². The molecule has 0 aromatic heterocycles. The number of quaternary nitrogens is 1. The second-order valence-electron chi connectivity index (χ2n) is 20.1. The lowest BCUT2D eigenvalue weighted by Crippen LogP contribution is -2.53. The zero-order valence-electron chi connectivity index (χ0n) is 43.3. The minimum Gasteiger partial charge on any atom is -0.491 e. The molecule has 0 saturated carbocycles. The van der Waals surface area contributed by atoms with Gasteiger partial charge in [-0.2, -0.15) is 0 Å². The third-order valence-electron chi connectivity index (χ3n) is 15.2. The molecule has 72 heavy (non-hydrogen) atoms. The predicted octanol–water partition coefficient (Wildman–Crippen LogP) is 17.2. The molecule has 1 aliphatic rings. The Hall–Kier alpha value is -6.08. The molecular formula is C66H78NO5+. The van der Waals surface area contributed by atoms with Crippen LogP contribution in [0.25, 0.3) is 65.3 Å². The lowest BCUT2D eigenvalue weighted by molar-refractivity contribution is -0.928. The lowest BCUT2D eigenvalue weighted by atomic mass is 9.92. The van der Waals surface area contributed by atoms with Crippen molar-refractivity contribution in [3.05, 3.63) is 146 Å². The highest BCUT2D eigenvalue weighted by Crippen LogP contribution is 2.47. The average Bonchev–Trinajstić information content (AvgIpc) is 3.42. The van der Waals surface area contributed by atoms with E-state index in [-0.39, 0.29) is 0 Å². The van der Waals surface area contributed by atoms with Gasteiger partial charge in [-0.1, -0.05) is 199 Å². The van der Waals surface area contributed by atoms with Crippen molar-refractivity contribution >= 4 is 43.1 Å². The van der Waals surface area contributed by atoms with Crippen LogP contribution in [0.3, 0.4) is 0 Å². The Labute approximate surface area is 429 Å².